The summed E-state index contributed by atoms with van der Waals surface area (Å²) in [4.78, 5) is 16.5. The molecular formula is C22H34N4OS. The van der Waals surface area contributed by atoms with Gasteiger partial charge in [0.1, 0.15) is 0 Å². The molecule has 0 aromatic heterocycles. The van der Waals surface area contributed by atoms with Crippen molar-refractivity contribution in [3.05, 3.63) is 23.8 Å². The predicted molar refractivity (Wildman–Crippen MR) is 121 cm³/mol. The summed E-state index contributed by atoms with van der Waals surface area (Å²) in [6.45, 7) is 12.0. The van der Waals surface area contributed by atoms with Crippen molar-refractivity contribution in [3.8, 4) is 0 Å². The molecule has 0 aliphatic carbocycles. The molecule has 2 saturated heterocycles. The average molecular weight is 403 g/mol. The summed E-state index contributed by atoms with van der Waals surface area (Å²) < 4.78 is 0. The quantitative estimate of drug-likeness (QED) is 0.560. The molecule has 3 rings (SSSR count). The maximum atomic E-state index is 12.1. The van der Waals surface area contributed by atoms with Gasteiger partial charge in [0.15, 0.2) is 5.11 Å². The number of carbonyl (C=O) groups excluding carboxylic acids is 1. The van der Waals surface area contributed by atoms with Gasteiger partial charge in [0.25, 0.3) is 0 Å². The number of piperidine rings is 1. The third-order valence-corrected chi connectivity index (χ3v) is 5.96. The first kappa shape index (κ1) is 21.1. The van der Waals surface area contributed by atoms with Crippen LogP contribution in [0.5, 0.6) is 0 Å². The Bertz CT molecular complexity index is 698. The summed E-state index contributed by atoms with van der Waals surface area (Å²) in [5.74, 6) is 1.82. The summed E-state index contributed by atoms with van der Waals surface area (Å²) in [6, 6.07) is 6.09. The normalized spacial score (nSPS) is 23.1. The number of nitrogens with zero attached hydrogens (tertiary/aromatic N) is 2. The number of anilines is 2. The second kappa shape index (κ2) is 9.70. The molecule has 6 heteroatoms. The molecule has 2 aliphatic heterocycles. The van der Waals surface area contributed by atoms with Crippen LogP contribution in [0.4, 0.5) is 11.4 Å². The molecule has 0 unspecified atom stereocenters. The monoisotopic (exact) mass is 402 g/mol. The lowest BCUT2D eigenvalue weighted by Crippen LogP contribution is -2.40. The van der Waals surface area contributed by atoms with Crippen LogP contribution in [0.3, 0.4) is 0 Å². The number of nitrogens with one attached hydrogen (secondary N) is 2. The number of likely N-dealkylation sites (tertiary alicyclic amines) is 1. The molecular weight excluding hydrogens is 368 g/mol. The third-order valence-electron chi connectivity index (χ3n) is 5.71. The molecule has 2 N–H and O–H groups in total. The number of amides is 1. The van der Waals surface area contributed by atoms with Gasteiger partial charge in [-0.1, -0.05) is 19.9 Å². The van der Waals surface area contributed by atoms with Crippen molar-refractivity contribution in [2.75, 3.05) is 42.9 Å². The van der Waals surface area contributed by atoms with Gasteiger partial charge >= 0.3 is 0 Å². The van der Waals surface area contributed by atoms with E-state index in [9.17, 15) is 4.79 Å². The Morgan fingerprint density at radius 1 is 1.25 bits per heavy atom. The topological polar surface area (TPSA) is 47.6 Å². The number of thiocarbonyl (C=S) groups is 1. The molecule has 2 aliphatic rings. The molecule has 5 nitrogen and oxygen atoms in total. The van der Waals surface area contributed by atoms with E-state index in [1.54, 1.807) is 0 Å². The predicted octanol–water partition coefficient (Wildman–Crippen LogP) is 3.78. The minimum Gasteiger partial charge on any atom is -0.362 e. The standard InChI is InChI=1S/C22H34N4OS/c1-16-12-17(2)15-25(14-16)10-5-9-23-22(28)24-19-8-7-18(3)20(13-19)26-11-4-6-21(26)27/h7-8,13,16-17H,4-6,9-12,14-15H2,1-3H3,(H2,23,24,28)/t16-,17-/m0/s1. The van der Waals surface area contributed by atoms with Crippen LogP contribution in [0, 0.1) is 18.8 Å². The van der Waals surface area contributed by atoms with Gasteiger partial charge in [-0.3, -0.25) is 4.79 Å². The highest BCUT2D eigenvalue weighted by Gasteiger charge is 2.23. The first-order valence-corrected chi connectivity index (χ1v) is 11.0. The van der Waals surface area contributed by atoms with E-state index in [-0.39, 0.29) is 5.91 Å². The molecule has 0 spiro atoms. The fourth-order valence-electron chi connectivity index (χ4n) is 4.54. The van der Waals surface area contributed by atoms with Crippen molar-refractivity contribution in [2.45, 2.75) is 46.5 Å². The van der Waals surface area contributed by atoms with Crippen molar-refractivity contribution in [2.24, 2.45) is 11.8 Å². The van der Waals surface area contributed by atoms with Gasteiger partial charge < -0.3 is 20.4 Å². The number of carbonyl (C=O) groups is 1. The number of rotatable bonds is 6. The number of hydrogen-bond donors (Lipinski definition) is 2. The minimum absolute atomic E-state index is 0.210. The van der Waals surface area contributed by atoms with E-state index in [2.05, 4.69) is 29.4 Å². The van der Waals surface area contributed by atoms with E-state index in [1.807, 2.05) is 30.0 Å². The Kier molecular flexibility index (Phi) is 7.30. The first-order valence-electron chi connectivity index (χ1n) is 10.6. The van der Waals surface area contributed by atoms with Crippen molar-refractivity contribution < 1.29 is 4.79 Å². The van der Waals surface area contributed by atoms with E-state index in [4.69, 9.17) is 12.2 Å². The summed E-state index contributed by atoms with van der Waals surface area (Å²) in [5, 5.41) is 7.23. The number of benzene rings is 1. The number of aryl methyl sites for hydroxylation is 1. The highest BCUT2D eigenvalue weighted by atomic mass is 32.1. The Balaban J connectivity index is 1.44. The summed E-state index contributed by atoms with van der Waals surface area (Å²) >= 11 is 5.46. The maximum Gasteiger partial charge on any atom is 0.227 e. The highest BCUT2D eigenvalue weighted by molar-refractivity contribution is 7.80. The average Bonchev–Trinajstić information content (AvgIpc) is 3.05. The lowest BCUT2D eigenvalue weighted by Gasteiger charge is -2.35. The second-order valence-corrected chi connectivity index (χ2v) is 9.00. The van der Waals surface area contributed by atoms with Crippen molar-refractivity contribution in [1.29, 1.82) is 0 Å². The van der Waals surface area contributed by atoms with E-state index in [0.29, 0.717) is 11.5 Å². The van der Waals surface area contributed by atoms with Crippen LogP contribution in [0.15, 0.2) is 18.2 Å². The summed E-state index contributed by atoms with van der Waals surface area (Å²) in [6.07, 6.45) is 4.02. The smallest absolute Gasteiger partial charge is 0.227 e. The molecule has 1 amide bonds. The van der Waals surface area contributed by atoms with Gasteiger partial charge in [-0.25, -0.2) is 0 Å². The van der Waals surface area contributed by atoms with Crippen molar-refractivity contribution >= 4 is 34.6 Å². The van der Waals surface area contributed by atoms with Crippen molar-refractivity contribution in [3.63, 3.8) is 0 Å². The maximum absolute atomic E-state index is 12.1. The zero-order valence-corrected chi connectivity index (χ0v) is 18.3. The van der Waals surface area contributed by atoms with Gasteiger partial charge in [0.05, 0.1) is 0 Å². The van der Waals surface area contributed by atoms with Crippen molar-refractivity contribution in [1.82, 2.24) is 10.2 Å². The molecule has 1 aromatic carbocycles. The SMILES string of the molecule is Cc1ccc(NC(=S)NCCCN2C[C@@H](C)C[C@H](C)C2)cc1N1CCCC1=O. The fraction of sp³-hybridized carbons (Fsp3) is 0.636. The van der Waals surface area contributed by atoms with Crippen LogP contribution in [0.1, 0.15) is 45.1 Å². The zero-order valence-electron chi connectivity index (χ0n) is 17.5. The molecule has 2 atom stereocenters. The fourth-order valence-corrected chi connectivity index (χ4v) is 4.76. The molecule has 28 heavy (non-hydrogen) atoms. The van der Waals surface area contributed by atoms with Crippen LogP contribution >= 0.6 is 12.2 Å². The van der Waals surface area contributed by atoms with Crippen LogP contribution in [-0.4, -0.2) is 48.6 Å². The molecule has 2 heterocycles. The summed E-state index contributed by atoms with van der Waals surface area (Å²) in [5.41, 5.74) is 3.03. The third kappa shape index (κ3) is 5.67. The van der Waals surface area contributed by atoms with Gasteiger partial charge in [-0.15, -0.1) is 0 Å². The van der Waals surface area contributed by atoms with E-state index >= 15 is 0 Å². The molecule has 0 bridgehead atoms. The van der Waals surface area contributed by atoms with Gasteiger partial charge in [0, 0.05) is 44.0 Å². The van der Waals surface area contributed by atoms with Gasteiger partial charge in [0.2, 0.25) is 5.91 Å². The molecule has 1 aromatic rings. The van der Waals surface area contributed by atoms with E-state index < -0.39 is 0 Å². The number of hydrogen-bond acceptors (Lipinski definition) is 3. The summed E-state index contributed by atoms with van der Waals surface area (Å²) in [7, 11) is 0. The largest absolute Gasteiger partial charge is 0.362 e. The van der Waals surface area contributed by atoms with Crippen LogP contribution in [0.2, 0.25) is 0 Å². The van der Waals surface area contributed by atoms with Crippen LogP contribution < -0.4 is 15.5 Å². The Morgan fingerprint density at radius 3 is 2.68 bits per heavy atom. The molecule has 2 fully saturated rings. The molecule has 0 radical (unpaired) electrons. The van der Waals surface area contributed by atoms with Crippen LogP contribution in [-0.2, 0) is 4.79 Å². The Morgan fingerprint density at radius 2 is 2.00 bits per heavy atom. The second-order valence-electron chi connectivity index (χ2n) is 8.59. The van der Waals surface area contributed by atoms with Gasteiger partial charge in [-0.05, 0) is 74.5 Å². The van der Waals surface area contributed by atoms with E-state index in [0.717, 1.165) is 61.2 Å². The first-order chi connectivity index (χ1) is 13.4. The minimum atomic E-state index is 0.210. The Hall–Kier alpha value is -1.66. The van der Waals surface area contributed by atoms with Crippen LogP contribution in [0.25, 0.3) is 0 Å². The highest BCUT2D eigenvalue weighted by Crippen LogP contribution is 2.28. The Labute approximate surface area is 174 Å². The zero-order chi connectivity index (χ0) is 20.1. The van der Waals surface area contributed by atoms with Gasteiger partial charge in [-0.2, -0.15) is 0 Å². The molecule has 0 saturated carbocycles. The lowest BCUT2D eigenvalue weighted by atomic mass is 9.92. The lowest BCUT2D eigenvalue weighted by molar-refractivity contribution is -0.117. The molecule has 154 valence electrons. The van der Waals surface area contributed by atoms with E-state index in [1.165, 1.54) is 19.5 Å².